The van der Waals surface area contributed by atoms with Crippen LogP contribution in [0.25, 0.3) is 10.9 Å². The monoisotopic (exact) mass is 438 g/mol. The first kappa shape index (κ1) is 21.5. The van der Waals surface area contributed by atoms with Crippen molar-refractivity contribution in [2.24, 2.45) is 7.05 Å². The van der Waals surface area contributed by atoms with Gasteiger partial charge in [0.05, 0.1) is 24.4 Å². The first-order chi connectivity index (χ1) is 14.7. The Labute approximate surface area is 177 Å². The van der Waals surface area contributed by atoms with Crippen molar-refractivity contribution in [1.29, 1.82) is 0 Å². The maximum Gasteiger partial charge on any atom is 0.330 e. The van der Waals surface area contributed by atoms with Gasteiger partial charge >= 0.3 is 5.97 Å². The zero-order valence-corrected chi connectivity index (χ0v) is 17.9. The smallest absolute Gasteiger partial charge is 0.330 e. The van der Waals surface area contributed by atoms with Gasteiger partial charge < -0.3 is 19.1 Å². The van der Waals surface area contributed by atoms with Gasteiger partial charge in [0.25, 0.3) is 5.56 Å². The van der Waals surface area contributed by atoms with Crippen molar-refractivity contribution in [2.75, 3.05) is 50.3 Å². The normalized spacial score (nSPS) is 23.6. The number of fused-ring (bicyclic) bond motifs is 5. The molecule has 0 saturated carbocycles. The summed E-state index contributed by atoms with van der Waals surface area (Å²) in [6.45, 7) is 1.80. The maximum absolute atomic E-state index is 14.8. The summed E-state index contributed by atoms with van der Waals surface area (Å²) in [5.41, 5.74) is -0.233. The Morgan fingerprint density at radius 3 is 2.55 bits per heavy atom. The number of alkyl halides is 1. The molecular formula is C21H25F3N4O3. The Kier molecular flexibility index (Phi) is 5.36. The van der Waals surface area contributed by atoms with Crippen molar-refractivity contribution in [1.82, 2.24) is 9.47 Å². The second-order valence-electron chi connectivity index (χ2n) is 8.20. The molecule has 7 nitrogen and oxygen atoms in total. The van der Waals surface area contributed by atoms with Gasteiger partial charge in [-0.1, -0.05) is 0 Å². The molecule has 3 heterocycles. The molecule has 3 atom stereocenters. The molecule has 1 saturated heterocycles. The van der Waals surface area contributed by atoms with E-state index in [-0.39, 0.29) is 29.2 Å². The summed E-state index contributed by atoms with van der Waals surface area (Å²) in [7, 11) is 4.53. The number of hydrogen-bond acceptors (Lipinski definition) is 6. The number of carbonyl (C=O) groups excluding carboxylic acids is 1. The SMILES string of the molecule is COC(=O)C1C2CN(C)C(C)CN2c2c(c(=O)n(C)c3c(F)cc(F)cc23)N1CCF. The molecule has 0 spiro atoms. The lowest BCUT2D eigenvalue weighted by molar-refractivity contribution is -0.143. The minimum atomic E-state index is -0.938. The molecule has 3 unspecified atom stereocenters. The molecule has 31 heavy (non-hydrogen) atoms. The van der Waals surface area contributed by atoms with Crippen LogP contribution in [0.2, 0.25) is 0 Å². The van der Waals surface area contributed by atoms with E-state index in [2.05, 4.69) is 4.90 Å². The minimum absolute atomic E-state index is 0.0350. The molecule has 2 aliphatic rings. The number of hydrogen-bond donors (Lipinski definition) is 0. The number of ether oxygens (including phenoxy) is 1. The number of halogens is 3. The molecule has 1 fully saturated rings. The number of anilines is 2. The van der Waals surface area contributed by atoms with Gasteiger partial charge in [-0.2, -0.15) is 0 Å². The molecule has 168 valence electrons. The number of carbonyl (C=O) groups is 1. The van der Waals surface area contributed by atoms with Crippen LogP contribution in [0.15, 0.2) is 16.9 Å². The second kappa shape index (κ2) is 7.74. The summed E-state index contributed by atoms with van der Waals surface area (Å²) in [6, 6.07) is 0.536. The number of pyridine rings is 1. The summed E-state index contributed by atoms with van der Waals surface area (Å²) in [5, 5.41) is 0.212. The summed E-state index contributed by atoms with van der Waals surface area (Å²) >= 11 is 0. The van der Waals surface area contributed by atoms with Crippen molar-refractivity contribution < 1.29 is 22.7 Å². The number of methoxy groups -OCH3 is 1. The van der Waals surface area contributed by atoms with Crippen LogP contribution in [-0.4, -0.2) is 74.0 Å². The fraction of sp³-hybridized carbons (Fsp3) is 0.524. The van der Waals surface area contributed by atoms with Crippen LogP contribution < -0.4 is 15.4 Å². The fourth-order valence-electron chi connectivity index (χ4n) is 4.88. The van der Waals surface area contributed by atoms with E-state index in [1.165, 1.54) is 25.1 Å². The van der Waals surface area contributed by atoms with E-state index in [0.29, 0.717) is 18.8 Å². The second-order valence-corrected chi connectivity index (χ2v) is 8.20. The predicted octanol–water partition coefficient (Wildman–Crippen LogP) is 1.66. The van der Waals surface area contributed by atoms with Gasteiger partial charge in [-0.05, 0) is 20.0 Å². The summed E-state index contributed by atoms with van der Waals surface area (Å²) in [5.74, 6) is -2.23. The van der Waals surface area contributed by atoms with Crippen LogP contribution in [0, 0.1) is 11.6 Å². The molecule has 0 aliphatic carbocycles. The van der Waals surface area contributed by atoms with Gasteiger partial charge in [0.2, 0.25) is 0 Å². The lowest BCUT2D eigenvalue weighted by Crippen LogP contribution is -2.69. The summed E-state index contributed by atoms with van der Waals surface area (Å²) in [4.78, 5) is 31.5. The minimum Gasteiger partial charge on any atom is -0.467 e. The van der Waals surface area contributed by atoms with Crippen LogP contribution in [0.3, 0.4) is 0 Å². The number of benzene rings is 1. The summed E-state index contributed by atoms with van der Waals surface area (Å²) in [6.07, 6.45) is 0. The third kappa shape index (κ3) is 3.15. The van der Waals surface area contributed by atoms with Crippen molar-refractivity contribution in [2.45, 2.75) is 25.0 Å². The Morgan fingerprint density at radius 2 is 1.90 bits per heavy atom. The molecule has 2 aromatic rings. The Hall–Kier alpha value is -2.75. The topological polar surface area (TPSA) is 58.0 Å². The van der Waals surface area contributed by atoms with Crippen molar-refractivity contribution in [3.05, 3.63) is 34.1 Å². The lowest BCUT2D eigenvalue weighted by atomic mass is 9.92. The van der Waals surface area contributed by atoms with Crippen molar-refractivity contribution in [3.8, 4) is 0 Å². The molecule has 1 aromatic carbocycles. The zero-order chi connectivity index (χ0) is 22.6. The third-order valence-corrected chi connectivity index (χ3v) is 6.48. The molecule has 0 amide bonds. The highest BCUT2D eigenvalue weighted by Gasteiger charge is 2.49. The highest BCUT2D eigenvalue weighted by Crippen LogP contribution is 2.43. The summed E-state index contributed by atoms with van der Waals surface area (Å²) < 4.78 is 48.7. The highest BCUT2D eigenvalue weighted by atomic mass is 19.1. The third-order valence-electron chi connectivity index (χ3n) is 6.48. The average Bonchev–Trinajstić information content (AvgIpc) is 2.71. The standard InChI is InChI=1S/C21H25F3N4O3/c1-11-9-28-15(10-25(11)2)18(21(30)31-4)27(6-5-22)19-17(28)13-7-12(23)8-14(24)16(13)26(3)20(19)29/h7-8,11,15,18H,5-6,9-10H2,1-4H3. The molecule has 10 heteroatoms. The van der Waals surface area contributed by atoms with E-state index in [0.717, 1.165) is 10.6 Å². The van der Waals surface area contributed by atoms with E-state index in [1.54, 1.807) is 0 Å². The number of rotatable bonds is 3. The van der Waals surface area contributed by atoms with E-state index in [9.17, 15) is 22.8 Å². The number of piperazine rings is 1. The molecular weight excluding hydrogens is 413 g/mol. The zero-order valence-electron chi connectivity index (χ0n) is 17.9. The van der Waals surface area contributed by atoms with E-state index in [1.807, 2.05) is 18.9 Å². The van der Waals surface area contributed by atoms with Gasteiger partial charge in [-0.15, -0.1) is 0 Å². The molecule has 0 N–H and O–H groups in total. The molecule has 0 radical (unpaired) electrons. The van der Waals surface area contributed by atoms with Crippen molar-refractivity contribution in [3.63, 3.8) is 0 Å². The maximum atomic E-state index is 14.8. The van der Waals surface area contributed by atoms with E-state index < -0.39 is 41.9 Å². The van der Waals surface area contributed by atoms with Gasteiger partial charge in [-0.25, -0.2) is 18.0 Å². The van der Waals surface area contributed by atoms with Crippen LogP contribution in [0.1, 0.15) is 6.92 Å². The first-order valence-electron chi connectivity index (χ1n) is 10.1. The molecule has 2 aliphatic heterocycles. The number of aryl methyl sites for hydroxylation is 1. The van der Waals surface area contributed by atoms with Gasteiger partial charge in [0, 0.05) is 44.2 Å². The number of aromatic nitrogens is 1. The largest absolute Gasteiger partial charge is 0.467 e. The highest BCUT2D eigenvalue weighted by molar-refractivity contribution is 6.02. The quantitative estimate of drug-likeness (QED) is 0.680. The Bertz CT molecular complexity index is 1110. The van der Waals surface area contributed by atoms with E-state index in [4.69, 9.17) is 4.74 Å². The van der Waals surface area contributed by atoms with Crippen LogP contribution >= 0.6 is 0 Å². The Balaban J connectivity index is 2.12. The number of esters is 1. The number of likely N-dealkylation sites (N-methyl/N-ethyl adjacent to an activating group) is 1. The van der Waals surface area contributed by atoms with Crippen LogP contribution in [0.5, 0.6) is 0 Å². The Morgan fingerprint density at radius 1 is 1.19 bits per heavy atom. The average molecular weight is 438 g/mol. The van der Waals surface area contributed by atoms with Gasteiger partial charge in [-0.3, -0.25) is 9.69 Å². The fourth-order valence-corrected chi connectivity index (χ4v) is 4.88. The first-order valence-corrected chi connectivity index (χ1v) is 10.1. The lowest BCUT2D eigenvalue weighted by Gasteiger charge is -2.54. The molecule has 0 bridgehead atoms. The van der Waals surface area contributed by atoms with E-state index >= 15 is 0 Å². The predicted molar refractivity (Wildman–Crippen MR) is 111 cm³/mol. The van der Waals surface area contributed by atoms with Crippen molar-refractivity contribution >= 4 is 28.2 Å². The van der Waals surface area contributed by atoms with Crippen LogP contribution in [-0.2, 0) is 16.6 Å². The number of nitrogens with zero attached hydrogens (tertiary/aromatic N) is 4. The molecule has 4 rings (SSSR count). The van der Waals surface area contributed by atoms with Gasteiger partial charge in [0.15, 0.2) is 5.82 Å². The van der Waals surface area contributed by atoms with Gasteiger partial charge in [0.1, 0.15) is 24.2 Å². The molecule has 1 aromatic heterocycles. The van der Waals surface area contributed by atoms with Crippen LogP contribution in [0.4, 0.5) is 24.5 Å².